The molecule has 0 aromatic heterocycles. The summed E-state index contributed by atoms with van der Waals surface area (Å²) < 4.78 is 0. The zero-order chi connectivity index (χ0) is 20.4. The number of hydrogen-bond acceptors (Lipinski definition) is 4. The van der Waals surface area contributed by atoms with Crippen molar-refractivity contribution >= 4 is 11.9 Å². The van der Waals surface area contributed by atoms with Crippen LogP contribution in [0.25, 0.3) is 0 Å². The summed E-state index contributed by atoms with van der Waals surface area (Å²) >= 11 is 0. The highest BCUT2D eigenvalue weighted by molar-refractivity contribution is 5.79. The summed E-state index contributed by atoms with van der Waals surface area (Å²) in [5.74, 6) is -4.56. The van der Waals surface area contributed by atoms with Crippen LogP contribution in [-0.4, -0.2) is 43.6 Å². The second kappa shape index (κ2) is 7.73. The van der Waals surface area contributed by atoms with Crippen LogP contribution in [0.5, 0.6) is 0 Å². The molecule has 28 heavy (non-hydrogen) atoms. The van der Waals surface area contributed by atoms with Crippen LogP contribution in [0.3, 0.4) is 0 Å². The van der Waals surface area contributed by atoms with E-state index in [1.807, 2.05) is 0 Å². The van der Waals surface area contributed by atoms with Gasteiger partial charge in [0.1, 0.15) is 11.8 Å². The van der Waals surface area contributed by atoms with Crippen LogP contribution in [0.1, 0.15) is 48.6 Å². The van der Waals surface area contributed by atoms with Crippen LogP contribution in [0.15, 0.2) is 60.7 Å². The summed E-state index contributed by atoms with van der Waals surface area (Å²) in [6.07, 6.45) is -0.0318. The molecule has 0 saturated heterocycles. The normalized spacial score (nSPS) is 26.9. The minimum Gasteiger partial charge on any atom is -0.481 e. The number of benzene rings is 2. The van der Waals surface area contributed by atoms with Gasteiger partial charge in [-0.3, -0.25) is 9.59 Å². The minimum absolute atomic E-state index is 0.00796. The van der Waals surface area contributed by atoms with Crippen molar-refractivity contribution in [3.8, 4) is 0 Å². The molecule has 1 aliphatic rings. The quantitative estimate of drug-likeness (QED) is 0.609. The number of rotatable bonds is 6. The fourth-order valence-electron chi connectivity index (χ4n) is 4.35. The van der Waals surface area contributed by atoms with Gasteiger partial charge in [0.05, 0.1) is 11.2 Å². The highest BCUT2D eigenvalue weighted by Gasteiger charge is 2.52. The van der Waals surface area contributed by atoms with Crippen molar-refractivity contribution in [2.45, 2.75) is 48.7 Å². The molecule has 1 saturated carbocycles. The maximum atomic E-state index is 11.9. The van der Waals surface area contributed by atoms with E-state index in [-0.39, 0.29) is 25.7 Å². The molecule has 0 spiro atoms. The SMILES string of the molecule is O=C(O)[C@H](c1ccccc1)C1(O)CCC(O)([C@H](C(=O)O)c2ccccc2)CC1. The summed E-state index contributed by atoms with van der Waals surface area (Å²) in [6, 6.07) is 17.0. The van der Waals surface area contributed by atoms with E-state index in [2.05, 4.69) is 0 Å². The van der Waals surface area contributed by atoms with Crippen LogP contribution >= 0.6 is 0 Å². The van der Waals surface area contributed by atoms with E-state index in [1.54, 1.807) is 60.7 Å². The molecule has 2 aromatic rings. The van der Waals surface area contributed by atoms with Gasteiger partial charge in [0.25, 0.3) is 0 Å². The molecule has 0 heterocycles. The Morgan fingerprint density at radius 3 is 1.18 bits per heavy atom. The number of hydrogen-bond donors (Lipinski definition) is 4. The molecule has 0 radical (unpaired) electrons. The van der Waals surface area contributed by atoms with Gasteiger partial charge in [0.15, 0.2) is 0 Å². The van der Waals surface area contributed by atoms with Crippen molar-refractivity contribution in [2.75, 3.05) is 0 Å². The van der Waals surface area contributed by atoms with Crippen molar-refractivity contribution in [1.29, 1.82) is 0 Å². The van der Waals surface area contributed by atoms with Gasteiger partial charge in [-0.05, 0) is 36.8 Å². The van der Waals surface area contributed by atoms with Gasteiger partial charge in [-0.2, -0.15) is 0 Å². The lowest BCUT2D eigenvalue weighted by molar-refractivity contribution is -0.161. The molecule has 0 bridgehead atoms. The van der Waals surface area contributed by atoms with Crippen molar-refractivity contribution in [3.63, 3.8) is 0 Å². The Morgan fingerprint density at radius 1 is 0.643 bits per heavy atom. The van der Waals surface area contributed by atoms with E-state index in [1.165, 1.54) is 0 Å². The molecule has 3 rings (SSSR count). The zero-order valence-corrected chi connectivity index (χ0v) is 15.4. The summed E-state index contributed by atoms with van der Waals surface area (Å²) in [4.78, 5) is 23.8. The van der Waals surface area contributed by atoms with Crippen molar-refractivity contribution in [1.82, 2.24) is 0 Å². The smallest absolute Gasteiger partial charge is 0.313 e. The highest BCUT2D eigenvalue weighted by atomic mass is 16.4. The van der Waals surface area contributed by atoms with E-state index < -0.39 is 35.0 Å². The van der Waals surface area contributed by atoms with Crippen LogP contribution in [0, 0.1) is 0 Å². The van der Waals surface area contributed by atoms with Gasteiger partial charge in [0, 0.05) is 0 Å². The summed E-state index contributed by atoms with van der Waals surface area (Å²) in [5.41, 5.74) is -2.14. The van der Waals surface area contributed by atoms with Crippen molar-refractivity contribution in [2.24, 2.45) is 0 Å². The molecule has 1 aliphatic carbocycles. The Morgan fingerprint density at radius 2 is 0.929 bits per heavy atom. The van der Waals surface area contributed by atoms with E-state index in [4.69, 9.17) is 0 Å². The Kier molecular flexibility index (Phi) is 5.54. The Labute approximate surface area is 163 Å². The van der Waals surface area contributed by atoms with E-state index >= 15 is 0 Å². The third-order valence-corrected chi connectivity index (χ3v) is 5.82. The van der Waals surface area contributed by atoms with Crippen molar-refractivity contribution in [3.05, 3.63) is 71.8 Å². The van der Waals surface area contributed by atoms with Crippen LogP contribution in [0.4, 0.5) is 0 Å². The highest BCUT2D eigenvalue weighted by Crippen LogP contribution is 2.48. The summed E-state index contributed by atoms with van der Waals surface area (Å²) in [6.45, 7) is 0. The third-order valence-electron chi connectivity index (χ3n) is 5.82. The first-order valence-corrected chi connectivity index (χ1v) is 9.27. The lowest BCUT2D eigenvalue weighted by Crippen LogP contribution is -2.51. The minimum atomic E-state index is -1.56. The average Bonchev–Trinajstić information content (AvgIpc) is 2.66. The summed E-state index contributed by atoms with van der Waals surface area (Å²) in [5, 5.41) is 41.7. The standard InChI is InChI=1S/C22H24O6/c23-19(24)17(15-7-3-1-4-8-15)21(27)11-13-22(28,14-12-21)18(20(25)26)16-9-5-2-6-10-16/h1-10,17-18,27-28H,11-14H2,(H,23,24)(H,25,26)/t17-,18-,21?,22?/m0/s1. The third kappa shape index (κ3) is 3.79. The number of carboxylic acids is 2. The van der Waals surface area contributed by atoms with Crippen LogP contribution in [-0.2, 0) is 9.59 Å². The van der Waals surface area contributed by atoms with E-state index in [0.29, 0.717) is 11.1 Å². The maximum absolute atomic E-state index is 11.9. The second-order valence-electron chi connectivity index (χ2n) is 7.57. The van der Waals surface area contributed by atoms with Crippen LogP contribution in [0.2, 0.25) is 0 Å². The molecule has 2 atom stereocenters. The van der Waals surface area contributed by atoms with Crippen LogP contribution < -0.4 is 0 Å². The lowest BCUT2D eigenvalue weighted by Gasteiger charge is -2.45. The molecule has 6 nitrogen and oxygen atoms in total. The van der Waals surface area contributed by atoms with Gasteiger partial charge in [0.2, 0.25) is 0 Å². The van der Waals surface area contributed by atoms with Gasteiger partial charge in [-0.25, -0.2) is 0 Å². The van der Waals surface area contributed by atoms with Gasteiger partial charge in [-0.15, -0.1) is 0 Å². The van der Waals surface area contributed by atoms with E-state index in [0.717, 1.165) is 0 Å². The fourth-order valence-corrected chi connectivity index (χ4v) is 4.35. The van der Waals surface area contributed by atoms with E-state index in [9.17, 15) is 30.0 Å². The molecule has 0 unspecified atom stereocenters. The molecule has 0 amide bonds. The van der Waals surface area contributed by atoms with Gasteiger partial charge in [-0.1, -0.05) is 60.7 Å². The predicted molar refractivity (Wildman–Crippen MR) is 102 cm³/mol. The average molecular weight is 384 g/mol. The molecule has 4 N–H and O–H groups in total. The molecular formula is C22H24O6. The zero-order valence-electron chi connectivity index (χ0n) is 15.4. The maximum Gasteiger partial charge on any atom is 0.313 e. The topological polar surface area (TPSA) is 115 Å². The molecule has 0 aliphatic heterocycles. The molecule has 2 aromatic carbocycles. The fraction of sp³-hybridized carbons (Fsp3) is 0.364. The molecule has 1 fully saturated rings. The molecule has 148 valence electrons. The number of carboxylic acid groups (broad SMARTS) is 2. The van der Waals surface area contributed by atoms with Gasteiger partial charge < -0.3 is 20.4 Å². The molecule has 6 heteroatoms. The first kappa shape index (κ1) is 20.0. The Hall–Kier alpha value is -2.70. The van der Waals surface area contributed by atoms with Gasteiger partial charge >= 0.3 is 11.9 Å². The first-order valence-electron chi connectivity index (χ1n) is 9.27. The number of aliphatic carboxylic acids is 2. The predicted octanol–water partition coefficient (Wildman–Crippen LogP) is 2.76. The van der Waals surface area contributed by atoms with Crippen molar-refractivity contribution < 1.29 is 30.0 Å². The Bertz CT molecular complexity index is 753. The first-order chi connectivity index (χ1) is 13.3. The monoisotopic (exact) mass is 384 g/mol. The number of aliphatic hydroxyl groups is 2. The number of carbonyl (C=O) groups is 2. The lowest BCUT2D eigenvalue weighted by atomic mass is 9.64. The summed E-state index contributed by atoms with van der Waals surface area (Å²) in [7, 11) is 0. The Balaban J connectivity index is 1.87. The largest absolute Gasteiger partial charge is 0.481 e. The second-order valence-corrected chi connectivity index (χ2v) is 7.57. The molecular weight excluding hydrogens is 360 g/mol.